The van der Waals surface area contributed by atoms with Crippen molar-refractivity contribution in [3.05, 3.63) is 217 Å². The van der Waals surface area contributed by atoms with Crippen LogP contribution >= 0.6 is 0 Å². The number of esters is 4. The number of ether oxygens (including phenoxy) is 9. The maximum Gasteiger partial charge on any atom is 0.322 e. The second-order valence-corrected chi connectivity index (χ2v) is 30.4. The fourth-order valence-corrected chi connectivity index (χ4v) is 14.3. The molecule has 0 radical (unpaired) electrons. The third kappa shape index (κ3) is 23.5. The summed E-state index contributed by atoms with van der Waals surface area (Å²) in [5.74, 6) is -3.60. The Bertz CT molecular complexity index is 3950. The molecular weight excluding hydrogens is 1430 g/mol. The number of anilines is 4. The number of ketones is 4. The average Bonchev–Trinajstić information content (AvgIpc) is 0.679. The first-order valence-electron chi connectivity index (χ1n) is 38.9. The zero-order chi connectivity index (χ0) is 84.5. The van der Waals surface area contributed by atoms with E-state index in [1.54, 1.807) is 41.5 Å². The standard InChI is InChI=1S/C24H33NO4.C23H31NO5.C23H31NO4.C22H29NO4/c1-7-8-15-28-23(27)24(6)21(29-18(5)17(4)22(24)26)14-11-19-9-12-20(13-10-19)25-16(2)3;1-15(2)24-19-10-7-18(8-11-19)9-12-20-23(5,22(26)28-14-13-27-6)21(25)16(3)17(4)29-20;1-14(2)23(22(26)27-7)20(28-17(6)16(5)21(23)25)13-10-18-8-11-19(12-9-18)24-15(3)4;1-7-22(21(25)26-6)19(27-16(5)15(4)20(22)24)13-10-17-8-11-18(12-9-17)23-14(2)3/h9-10,12-13,18,21,25H,2,4,7-8,11,14-15H2,1,3,5-6H3;7-8,10-11,17,20,24H,1,3,9,12-14H2,2,4-6H3;8-9,11-12,14,17,20,24H,3,5,10,13H2,1-2,4,6-7H3;8-9,11-12,16,19,23H,2,4,7,10,13H2,1,3,5-6H3. The second-order valence-electron chi connectivity index (χ2n) is 30.4. The lowest BCUT2D eigenvalue weighted by molar-refractivity contribution is -0.184. The van der Waals surface area contributed by atoms with Gasteiger partial charge in [0, 0.05) is 74.9 Å². The highest BCUT2D eigenvalue weighted by atomic mass is 16.6. The Kier molecular flexibility index (Phi) is 35.8. The fourth-order valence-electron chi connectivity index (χ4n) is 14.3. The van der Waals surface area contributed by atoms with Gasteiger partial charge in [0.2, 0.25) is 0 Å². The van der Waals surface area contributed by atoms with E-state index < -0.39 is 94.4 Å². The number of benzene rings is 4. The highest BCUT2D eigenvalue weighted by molar-refractivity contribution is 6.16. The topological polar surface area (TPSA) is 268 Å². The van der Waals surface area contributed by atoms with E-state index in [0.29, 0.717) is 86.7 Å². The molecule has 4 fully saturated rings. The monoisotopic (exact) mass is 1560 g/mol. The maximum atomic E-state index is 13.2. The molecule has 0 saturated carbocycles. The largest absolute Gasteiger partial charge is 0.468 e. The molecule has 21 heteroatoms. The van der Waals surface area contributed by atoms with E-state index in [9.17, 15) is 38.4 Å². The van der Waals surface area contributed by atoms with Crippen molar-refractivity contribution in [2.24, 2.45) is 27.6 Å². The zero-order valence-corrected chi connectivity index (χ0v) is 69.9. The molecule has 8 rings (SSSR count). The Hall–Kier alpha value is -9.64. The molecule has 4 aromatic carbocycles. The molecule has 12 unspecified atom stereocenters. The van der Waals surface area contributed by atoms with Gasteiger partial charge in [0.05, 0.1) is 76.3 Å². The third-order valence-electron chi connectivity index (χ3n) is 21.3. The molecule has 4 aliphatic rings. The molecule has 113 heavy (non-hydrogen) atoms. The van der Waals surface area contributed by atoms with Crippen molar-refractivity contribution in [3.8, 4) is 0 Å². The van der Waals surface area contributed by atoms with Crippen LogP contribution in [0.5, 0.6) is 0 Å². The maximum absolute atomic E-state index is 13.2. The predicted molar refractivity (Wildman–Crippen MR) is 446 cm³/mol. The SMILES string of the molecule is C=C(C)Nc1ccc(CCC2OC(C)C(=C)C(=O)C2(C(=O)OC)C(C)C)cc1.C=C(C)Nc1ccc(CCC2OC(C)C(=C)C(=O)C2(C)C(=O)OCCCC)cc1.C=C(C)Nc1ccc(CCC2OC(C)C(=C)C(=O)C2(C)C(=O)OCCOC)cc1.C=C(C)Nc1ccc(CCC2OC(C)C(=C)C(=O)C2(CC)C(=O)OC)cc1. The van der Waals surface area contributed by atoms with E-state index in [1.807, 2.05) is 152 Å². The zero-order valence-electron chi connectivity index (χ0n) is 69.9. The first-order valence-corrected chi connectivity index (χ1v) is 38.9. The van der Waals surface area contributed by atoms with Gasteiger partial charge in [-0.25, -0.2) is 0 Å². The van der Waals surface area contributed by atoms with Crippen molar-refractivity contribution >= 4 is 69.8 Å². The lowest BCUT2D eigenvalue weighted by Crippen LogP contribution is -2.59. The van der Waals surface area contributed by atoms with Crippen molar-refractivity contribution in [2.45, 2.75) is 216 Å². The normalized spacial score (nSPS) is 24.7. The van der Waals surface area contributed by atoms with Crippen LogP contribution in [0.15, 0.2) is 195 Å². The van der Waals surface area contributed by atoms with E-state index in [4.69, 9.17) is 42.6 Å². The summed E-state index contributed by atoms with van der Waals surface area (Å²) in [6.07, 6.45) is 2.87. The molecule has 0 bridgehead atoms. The molecule has 0 aromatic heterocycles. The molecule has 21 nitrogen and oxygen atoms in total. The average molecular weight is 1560 g/mol. The van der Waals surface area contributed by atoms with E-state index >= 15 is 0 Å². The molecular formula is C92H124N4O17. The van der Waals surface area contributed by atoms with Gasteiger partial charge in [-0.2, -0.15) is 0 Å². The number of carbonyl (C=O) groups is 8. The van der Waals surface area contributed by atoms with E-state index in [-0.39, 0.29) is 42.3 Å². The summed E-state index contributed by atoms with van der Waals surface area (Å²) in [5.41, 5.74) is 7.55. The van der Waals surface area contributed by atoms with Gasteiger partial charge in [-0.3, -0.25) is 38.4 Å². The number of Topliss-reactive ketones (excluding diaryl/α,β-unsaturated/α-hetero) is 4. The minimum absolute atomic E-state index is 0.0874. The number of hydrogen-bond acceptors (Lipinski definition) is 21. The number of carbonyl (C=O) groups excluding carboxylic acids is 8. The van der Waals surface area contributed by atoms with Crippen molar-refractivity contribution in [2.75, 3.05) is 62.4 Å². The Morgan fingerprint density at radius 3 is 1.01 bits per heavy atom. The summed E-state index contributed by atoms with van der Waals surface area (Å²) >= 11 is 0. The Morgan fingerprint density at radius 1 is 0.416 bits per heavy atom. The summed E-state index contributed by atoms with van der Waals surface area (Å²) in [5, 5.41) is 12.7. The Balaban J connectivity index is 0.000000269. The minimum Gasteiger partial charge on any atom is -0.468 e. The highest BCUT2D eigenvalue weighted by Crippen LogP contribution is 2.47. The van der Waals surface area contributed by atoms with Crippen LogP contribution in [-0.2, 0) is 107 Å². The number of nitrogens with one attached hydrogen (secondary N) is 4. The van der Waals surface area contributed by atoms with Crippen molar-refractivity contribution in [1.29, 1.82) is 0 Å². The summed E-state index contributed by atoms with van der Waals surface area (Å²) in [6, 6.07) is 32.0. The van der Waals surface area contributed by atoms with Crippen LogP contribution in [0, 0.1) is 27.6 Å². The van der Waals surface area contributed by atoms with Crippen LogP contribution in [0.4, 0.5) is 22.7 Å². The number of rotatable bonds is 32. The molecule has 4 aromatic rings. The van der Waals surface area contributed by atoms with Gasteiger partial charge >= 0.3 is 23.9 Å². The number of unbranched alkanes of at least 4 members (excludes halogenated alkanes) is 1. The lowest BCUT2D eigenvalue weighted by atomic mass is 9.64. The van der Waals surface area contributed by atoms with Gasteiger partial charge in [0.25, 0.3) is 0 Å². The summed E-state index contributed by atoms with van der Waals surface area (Å²) in [6.45, 7) is 56.9. The number of aryl methyl sites for hydroxylation is 4. The summed E-state index contributed by atoms with van der Waals surface area (Å²) in [4.78, 5) is 103. The van der Waals surface area contributed by atoms with Crippen molar-refractivity contribution < 1.29 is 81.0 Å². The Labute approximate surface area is 670 Å². The lowest BCUT2D eigenvalue weighted by Gasteiger charge is -2.45. The van der Waals surface area contributed by atoms with E-state index in [1.165, 1.54) is 21.3 Å². The van der Waals surface area contributed by atoms with Gasteiger partial charge in [-0.15, -0.1) is 0 Å². The number of hydrogen-bond donors (Lipinski definition) is 4. The van der Waals surface area contributed by atoms with Gasteiger partial charge < -0.3 is 63.9 Å². The first kappa shape index (κ1) is 94.0. The van der Waals surface area contributed by atoms with Crippen molar-refractivity contribution in [3.63, 3.8) is 0 Å². The first-order chi connectivity index (χ1) is 53.3. The molecule has 4 saturated heterocycles. The van der Waals surface area contributed by atoms with E-state index in [0.717, 1.165) is 80.6 Å². The van der Waals surface area contributed by atoms with Crippen LogP contribution in [-0.4, -0.2) is 137 Å². The third-order valence-corrected chi connectivity index (χ3v) is 21.3. The summed E-state index contributed by atoms with van der Waals surface area (Å²) < 4.78 is 49.9. The molecule has 0 amide bonds. The van der Waals surface area contributed by atoms with E-state index in [2.05, 4.69) is 73.9 Å². The van der Waals surface area contributed by atoms with Gasteiger partial charge in [0.15, 0.2) is 44.8 Å². The van der Waals surface area contributed by atoms with Gasteiger partial charge in [-0.1, -0.05) is 135 Å². The number of methoxy groups -OCH3 is 3. The van der Waals surface area contributed by atoms with Crippen LogP contribution in [0.2, 0.25) is 0 Å². The van der Waals surface area contributed by atoms with Crippen molar-refractivity contribution in [1.82, 2.24) is 0 Å². The quantitative estimate of drug-likeness (QED) is 0.0116. The van der Waals surface area contributed by atoms with Crippen LogP contribution in [0.25, 0.3) is 0 Å². The van der Waals surface area contributed by atoms with Crippen LogP contribution in [0.1, 0.15) is 164 Å². The molecule has 12 atom stereocenters. The summed E-state index contributed by atoms with van der Waals surface area (Å²) in [7, 11) is 4.14. The Morgan fingerprint density at radius 2 is 0.708 bits per heavy atom. The fraction of sp³-hybridized carbons (Fsp3) is 0.478. The molecule has 4 N–H and O–H groups in total. The van der Waals surface area contributed by atoms with Crippen LogP contribution < -0.4 is 21.3 Å². The highest BCUT2D eigenvalue weighted by Gasteiger charge is 2.61. The molecule has 0 aliphatic carbocycles. The second kappa shape index (κ2) is 43.0. The molecule has 0 spiro atoms. The number of allylic oxidation sites excluding steroid dienone is 4. The smallest absolute Gasteiger partial charge is 0.322 e. The minimum atomic E-state index is -1.42. The molecule has 4 heterocycles. The van der Waals surface area contributed by atoms with Gasteiger partial charge in [-0.05, 0) is 210 Å². The predicted octanol–water partition coefficient (Wildman–Crippen LogP) is 16.8. The van der Waals surface area contributed by atoms with Gasteiger partial charge in [0.1, 0.15) is 6.61 Å². The van der Waals surface area contributed by atoms with Crippen LogP contribution in [0.3, 0.4) is 0 Å². The molecule has 614 valence electrons. The molecule has 4 aliphatic heterocycles.